The Hall–Kier alpha value is -1.41. The summed E-state index contributed by atoms with van der Waals surface area (Å²) in [5.41, 5.74) is 0. The van der Waals surface area contributed by atoms with Crippen LogP contribution in [0.15, 0.2) is 0 Å². The maximum Gasteiger partial charge on any atom is 0.233 e. The van der Waals surface area contributed by atoms with Gasteiger partial charge in [0.2, 0.25) is 11.8 Å². The van der Waals surface area contributed by atoms with E-state index in [0.29, 0.717) is 6.54 Å². The van der Waals surface area contributed by atoms with Gasteiger partial charge in [-0.15, -0.1) is 0 Å². The Bertz CT molecular complexity index is 386. The summed E-state index contributed by atoms with van der Waals surface area (Å²) in [4.78, 5) is 27.4. The second kappa shape index (κ2) is 3.81. The molecule has 1 saturated carbocycles. The summed E-state index contributed by atoms with van der Waals surface area (Å²) < 4.78 is 0. The topological polar surface area (TPSA) is 64.4 Å². The van der Waals surface area contributed by atoms with Crippen LogP contribution in [0.2, 0.25) is 0 Å². The molecule has 17 heavy (non-hydrogen) atoms. The van der Waals surface area contributed by atoms with Crippen LogP contribution in [0.25, 0.3) is 0 Å². The number of piperidine rings is 2. The van der Waals surface area contributed by atoms with Crippen molar-refractivity contribution < 1.29 is 9.59 Å². The minimum atomic E-state index is 0.0136. The van der Waals surface area contributed by atoms with E-state index in [-0.39, 0.29) is 29.7 Å². The molecule has 0 aromatic carbocycles. The molecule has 2 amide bonds. The zero-order valence-corrected chi connectivity index (χ0v) is 9.63. The van der Waals surface area contributed by atoms with Gasteiger partial charge in [0.1, 0.15) is 0 Å². The molecule has 5 heteroatoms. The third-order valence-electron chi connectivity index (χ3n) is 4.12. The lowest BCUT2D eigenvalue weighted by molar-refractivity contribution is -0.145. The second-order valence-electron chi connectivity index (χ2n) is 5.16. The van der Waals surface area contributed by atoms with Gasteiger partial charge in [-0.1, -0.05) is 0 Å². The molecule has 3 fully saturated rings. The van der Waals surface area contributed by atoms with Crippen LogP contribution in [0.1, 0.15) is 19.3 Å². The molecule has 0 aromatic heterocycles. The Kier molecular flexibility index (Phi) is 2.40. The third-order valence-corrected chi connectivity index (χ3v) is 4.12. The standard InChI is InChI=1S/C12H15N3O2/c13-3-6-14-4-1-8(2-5-14)15-11(16)9-7-10(9)12(15)17/h8-10H,1-2,4-7H2. The normalized spacial score (nSPS) is 33.7. The Morgan fingerprint density at radius 2 is 1.76 bits per heavy atom. The molecule has 0 aromatic rings. The van der Waals surface area contributed by atoms with Crippen LogP contribution in [-0.2, 0) is 9.59 Å². The van der Waals surface area contributed by atoms with Crippen molar-refractivity contribution >= 4 is 11.8 Å². The minimum Gasteiger partial charge on any atom is -0.290 e. The van der Waals surface area contributed by atoms with Gasteiger partial charge in [-0.25, -0.2) is 0 Å². The van der Waals surface area contributed by atoms with Crippen molar-refractivity contribution in [2.24, 2.45) is 11.8 Å². The first-order chi connectivity index (χ1) is 8.22. The van der Waals surface area contributed by atoms with Gasteiger partial charge in [-0.05, 0) is 19.3 Å². The predicted molar refractivity (Wildman–Crippen MR) is 58.5 cm³/mol. The van der Waals surface area contributed by atoms with E-state index in [0.717, 1.165) is 32.4 Å². The first-order valence-corrected chi connectivity index (χ1v) is 6.18. The highest BCUT2D eigenvalue weighted by Gasteiger charge is 2.60. The van der Waals surface area contributed by atoms with Gasteiger partial charge >= 0.3 is 0 Å². The average molecular weight is 233 g/mol. The number of rotatable bonds is 2. The van der Waals surface area contributed by atoms with Crippen LogP contribution in [0.5, 0.6) is 0 Å². The summed E-state index contributed by atoms with van der Waals surface area (Å²) in [5.74, 6) is 0.136. The largest absolute Gasteiger partial charge is 0.290 e. The molecule has 1 aliphatic carbocycles. The van der Waals surface area contributed by atoms with Gasteiger partial charge in [0.05, 0.1) is 24.4 Å². The molecule has 2 atom stereocenters. The van der Waals surface area contributed by atoms with Gasteiger partial charge in [0.25, 0.3) is 0 Å². The van der Waals surface area contributed by atoms with Crippen LogP contribution in [0, 0.1) is 23.2 Å². The highest BCUT2D eigenvalue weighted by Crippen LogP contribution is 2.48. The molecule has 0 bridgehead atoms. The summed E-state index contributed by atoms with van der Waals surface area (Å²) in [6.07, 6.45) is 2.42. The molecule has 0 spiro atoms. The molecule has 2 unspecified atom stereocenters. The Morgan fingerprint density at radius 1 is 1.18 bits per heavy atom. The van der Waals surface area contributed by atoms with Crippen molar-refractivity contribution in [3.05, 3.63) is 0 Å². The SMILES string of the molecule is N#CCN1CCC(N2C(=O)C3CC3C2=O)CC1. The third kappa shape index (κ3) is 1.64. The fraction of sp³-hybridized carbons (Fsp3) is 0.750. The highest BCUT2D eigenvalue weighted by molar-refractivity contribution is 6.09. The number of hydrogen-bond donors (Lipinski definition) is 0. The number of hydrogen-bond acceptors (Lipinski definition) is 4. The molecule has 2 saturated heterocycles. The number of likely N-dealkylation sites (tertiary alicyclic amines) is 2. The Morgan fingerprint density at radius 3 is 2.29 bits per heavy atom. The van der Waals surface area contributed by atoms with E-state index < -0.39 is 0 Å². The van der Waals surface area contributed by atoms with Crippen molar-refractivity contribution in [1.29, 1.82) is 5.26 Å². The summed E-state index contributed by atoms with van der Waals surface area (Å²) in [6, 6.07) is 2.21. The maximum absolute atomic E-state index is 11.9. The van der Waals surface area contributed by atoms with Crippen LogP contribution in [0.3, 0.4) is 0 Å². The molecule has 0 N–H and O–H groups in total. The number of fused-ring (bicyclic) bond motifs is 1. The van der Waals surface area contributed by atoms with Crippen LogP contribution >= 0.6 is 0 Å². The molecule has 90 valence electrons. The predicted octanol–water partition coefficient (Wildman–Crippen LogP) is -0.0207. The number of amides is 2. The Balaban J connectivity index is 1.62. The van der Waals surface area contributed by atoms with Gasteiger partial charge in [0, 0.05) is 19.1 Å². The van der Waals surface area contributed by atoms with E-state index in [4.69, 9.17) is 5.26 Å². The molecule has 3 aliphatic rings. The smallest absolute Gasteiger partial charge is 0.233 e. The summed E-state index contributed by atoms with van der Waals surface area (Å²) in [5, 5.41) is 8.61. The lowest BCUT2D eigenvalue weighted by Gasteiger charge is -2.35. The highest BCUT2D eigenvalue weighted by atomic mass is 16.2. The van der Waals surface area contributed by atoms with E-state index in [9.17, 15) is 9.59 Å². The summed E-state index contributed by atoms with van der Waals surface area (Å²) >= 11 is 0. The van der Waals surface area contributed by atoms with Crippen LogP contribution in [-0.4, -0.2) is 47.3 Å². The molecule has 0 radical (unpaired) electrons. The minimum absolute atomic E-state index is 0.0136. The van der Waals surface area contributed by atoms with E-state index >= 15 is 0 Å². The van der Waals surface area contributed by atoms with Crippen molar-refractivity contribution in [2.75, 3.05) is 19.6 Å². The maximum atomic E-state index is 11.9. The van der Waals surface area contributed by atoms with Gasteiger partial charge < -0.3 is 0 Å². The van der Waals surface area contributed by atoms with E-state index in [1.807, 2.05) is 0 Å². The molecular weight excluding hydrogens is 218 g/mol. The fourth-order valence-corrected chi connectivity index (χ4v) is 3.00. The zero-order valence-electron chi connectivity index (χ0n) is 9.63. The second-order valence-corrected chi connectivity index (χ2v) is 5.16. The quantitative estimate of drug-likeness (QED) is 0.496. The fourth-order valence-electron chi connectivity index (χ4n) is 3.00. The molecule has 2 aliphatic heterocycles. The lowest BCUT2D eigenvalue weighted by Crippen LogP contribution is -2.48. The van der Waals surface area contributed by atoms with Crippen LogP contribution < -0.4 is 0 Å². The zero-order chi connectivity index (χ0) is 12.0. The average Bonchev–Trinajstić information content (AvgIpc) is 3.07. The van der Waals surface area contributed by atoms with Crippen molar-refractivity contribution in [3.63, 3.8) is 0 Å². The Labute approximate surface area is 100.0 Å². The van der Waals surface area contributed by atoms with E-state index in [2.05, 4.69) is 11.0 Å². The molecule has 2 heterocycles. The first-order valence-electron chi connectivity index (χ1n) is 6.18. The van der Waals surface area contributed by atoms with Crippen molar-refractivity contribution in [3.8, 4) is 6.07 Å². The van der Waals surface area contributed by atoms with Crippen molar-refractivity contribution in [2.45, 2.75) is 25.3 Å². The summed E-state index contributed by atoms with van der Waals surface area (Å²) in [7, 11) is 0. The molecule has 3 rings (SSSR count). The van der Waals surface area contributed by atoms with Crippen LogP contribution in [0.4, 0.5) is 0 Å². The van der Waals surface area contributed by atoms with Gasteiger partial charge in [-0.3, -0.25) is 19.4 Å². The number of imide groups is 1. The van der Waals surface area contributed by atoms with E-state index in [1.165, 1.54) is 4.90 Å². The van der Waals surface area contributed by atoms with Crippen molar-refractivity contribution in [1.82, 2.24) is 9.80 Å². The monoisotopic (exact) mass is 233 g/mol. The number of carbonyl (C=O) groups excluding carboxylic acids is 2. The number of nitrogens with zero attached hydrogens (tertiary/aromatic N) is 3. The number of carbonyl (C=O) groups is 2. The summed E-state index contributed by atoms with van der Waals surface area (Å²) in [6.45, 7) is 2.06. The van der Waals surface area contributed by atoms with Gasteiger partial charge in [-0.2, -0.15) is 5.26 Å². The number of nitriles is 1. The lowest BCUT2D eigenvalue weighted by atomic mass is 10.0. The van der Waals surface area contributed by atoms with Gasteiger partial charge in [0.15, 0.2) is 0 Å². The van der Waals surface area contributed by atoms with E-state index in [1.54, 1.807) is 0 Å². The molecule has 5 nitrogen and oxygen atoms in total. The first kappa shape index (κ1) is 10.7. The molecular formula is C12H15N3O2.